The van der Waals surface area contributed by atoms with Crippen LogP contribution in [0.2, 0.25) is 0 Å². The highest BCUT2D eigenvalue weighted by atomic mass is 79.9. The van der Waals surface area contributed by atoms with Gasteiger partial charge < -0.3 is 4.74 Å². The monoisotopic (exact) mass is 258 g/mol. The Hall–Kier alpha value is -0.510. The van der Waals surface area contributed by atoms with Gasteiger partial charge in [0, 0.05) is 6.04 Å². The molecule has 3 nitrogen and oxygen atoms in total. The molecule has 1 saturated carbocycles. The molecule has 0 radical (unpaired) electrons. The van der Waals surface area contributed by atoms with E-state index < -0.39 is 0 Å². The average molecular weight is 259 g/mol. The van der Waals surface area contributed by atoms with Crippen molar-refractivity contribution in [3.8, 4) is 6.01 Å². The average Bonchev–Trinajstić information content (AvgIpc) is 2.61. The second-order valence-corrected chi connectivity index (χ2v) is 4.54. The zero-order chi connectivity index (χ0) is 9.97. The molecule has 0 bridgehead atoms. The lowest BCUT2D eigenvalue weighted by Crippen LogP contribution is -2.14. The standard InChI is InChI=1S/C10H15BrN2O/c1-14-10-12-7-9(11)13(10)8-5-3-2-4-6-8/h7-8H,2-6H2,1H3. The molecule has 0 saturated heterocycles. The summed E-state index contributed by atoms with van der Waals surface area (Å²) >= 11 is 3.51. The Labute approximate surface area is 92.6 Å². The maximum atomic E-state index is 5.24. The lowest BCUT2D eigenvalue weighted by Gasteiger charge is -2.24. The van der Waals surface area contributed by atoms with Crippen molar-refractivity contribution in [1.29, 1.82) is 0 Å². The first-order valence-corrected chi connectivity index (χ1v) is 5.89. The zero-order valence-corrected chi connectivity index (χ0v) is 9.96. The van der Waals surface area contributed by atoms with E-state index in [1.54, 1.807) is 7.11 Å². The van der Waals surface area contributed by atoms with Crippen LogP contribution in [-0.2, 0) is 0 Å². The Morgan fingerprint density at radius 1 is 1.43 bits per heavy atom. The number of ether oxygens (including phenoxy) is 1. The molecule has 2 rings (SSSR count). The summed E-state index contributed by atoms with van der Waals surface area (Å²) in [5, 5.41) is 0. The predicted octanol–water partition coefficient (Wildman–Crippen LogP) is 3.16. The summed E-state index contributed by atoms with van der Waals surface area (Å²) in [6, 6.07) is 1.29. The molecule has 78 valence electrons. The molecule has 1 aliphatic rings. The molecule has 0 unspecified atom stereocenters. The van der Waals surface area contributed by atoms with Crippen molar-refractivity contribution in [3.63, 3.8) is 0 Å². The molecule has 1 fully saturated rings. The number of imidazole rings is 1. The summed E-state index contributed by atoms with van der Waals surface area (Å²) in [7, 11) is 1.67. The van der Waals surface area contributed by atoms with E-state index in [1.165, 1.54) is 32.1 Å². The molecule has 14 heavy (non-hydrogen) atoms. The van der Waals surface area contributed by atoms with Crippen LogP contribution < -0.4 is 4.74 Å². The van der Waals surface area contributed by atoms with Gasteiger partial charge in [0.25, 0.3) is 6.01 Å². The summed E-state index contributed by atoms with van der Waals surface area (Å²) in [6.07, 6.45) is 8.30. The van der Waals surface area contributed by atoms with Crippen molar-refractivity contribution < 1.29 is 4.74 Å². The van der Waals surface area contributed by atoms with Gasteiger partial charge in [-0.25, -0.2) is 4.98 Å². The van der Waals surface area contributed by atoms with Gasteiger partial charge in [-0.15, -0.1) is 0 Å². The van der Waals surface area contributed by atoms with Crippen molar-refractivity contribution in [2.45, 2.75) is 38.1 Å². The van der Waals surface area contributed by atoms with Gasteiger partial charge in [-0.2, -0.15) is 0 Å². The molecule has 0 aliphatic heterocycles. The highest BCUT2D eigenvalue weighted by Crippen LogP contribution is 2.34. The summed E-state index contributed by atoms with van der Waals surface area (Å²) < 4.78 is 8.44. The molecular formula is C10H15BrN2O. The Morgan fingerprint density at radius 3 is 2.79 bits per heavy atom. The molecule has 4 heteroatoms. The van der Waals surface area contributed by atoms with E-state index in [4.69, 9.17) is 4.74 Å². The van der Waals surface area contributed by atoms with Crippen molar-refractivity contribution in [2.75, 3.05) is 7.11 Å². The van der Waals surface area contributed by atoms with Crippen LogP contribution >= 0.6 is 15.9 Å². The van der Waals surface area contributed by atoms with E-state index in [1.807, 2.05) is 6.20 Å². The number of hydrogen-bond donors (Lipinski definition) is 0. The highest BCUT2D eigenvalue weighted by molar-refractivity contribution is 9.10. The number of aromatic nitrogens is 2. The zero-order valence-electron chi connectivity index (χ0n) is 8.37. The number of methoxy groups -OCH3 is 1. The Balaban J connectivity index is 2.23. The van der Waals surface area contributed by atoms with Gasteiger partial charge >= 0.3 is 0 Å². The van der Waals surface area contributed by atoms with Gasteiger partial charge in [0.1, 0.15) is 4.60 Å². The van der Waals surface area contributed by atoms with Gasteiger partial charge in [0.15, 0.2) is 0 Å². The maximum Gasteiger partial charge on any atom is 0.297 e. The third kappa shape index (κ3) is 1.80. The normalized spacial score (nSPS) is 18.4. The van der Waals surface area contributed by atoms with E-state index in [0.29, 0.717) is 6.04 Å². The van der Waals surface area contributed by atoms with Crippen LogP contribution in [0.25, 0.3) is 0 Å². The second kappa shape index (κ2) is 4.34. The minimum atomic E-state index is 0.565. The minimum Gasteiger partial charge on any atom is -0.468 e. The molecule has 0 N–H and O–H groups in total. The van der Waals surface area contributed by atoms with E-state index in [0.717, 1.165) is 10.6 Å². The fourth-order valence-electron chi connectivity index (χ4n) is 2.15. The molecule has 0 aromatic carbocycles. The SMILES string of the molecule is COc1ncc(Br)n1C1CCCCC1. The molecule has 1 aromatic rings. The Kier molecular flexibility index (Phi) is 3.11. The topological polar surface area (TPSA) is 27.1 Å². The third-order valence-corrected chi connectivity index (χ3v) is 3.43. The fourth-order valence-corrected chi connectivity index (χ4v) is 2.69. The molecule has 1 heterocycles. The van der Waals surface area contributed by atoms with Crippen molar-refractivity contribution in [2.24, 2.45) is 0 Å². The largest absolute Gasteiger partial charge is 0.468 e. The van der Waals surface area contributed by atoms with Crippen LogP contribution in [0.15, 0.2) is 10.8 Å². The van der Waals surface area contributed by atoms with E-state index in [2.05, 4.69) is 25.5 Å². The number of hydrogen-bond acceptors (Lipinski definition) is 2. The highest BCUT2D eigenvalue weighted by Gasteiger charge is 2.20. The second-order valence-electron chi connectivity index (χ2n) is 3.73. The van der Waals surface area contributed by atoms with E-state index >= 15 is 0 Å². The molecule has 1 aliphatic carbocycles. The van der Waals surface area contributed by atoms with Crippen LogP contribution in [0.4, 0.5) is 0 Å². The van der Waals surface area contributed by atoms with Crippen molar-refractivity contribution in [3.05, 3.63) is 10.8 Å². The smallest absolute Gasteiger partial charge is 0.297 e. The van der Waals surface area contributed by atoms with Gasteiger partial charge in [0.2, 0.25) is 0 Å². The van der Waals surface area contributed by atoms with Gasteiger partial charge in [-0.3, -0.25) is 4.57 Å². The Bertz CT molecular complexity index is 305. The van der Waals surface area contributed by atoms with Gasteiger partial charge in [0.05, 0.1) is 13.3 Å². The summed E-state index contributed by atoms with van der Waals surface area (Å²) in [5.41, 5.74) is 0. The molecule has 0 amide bonds. The van der Waals surface area contributed by atoms with E-state index in [-0.39, 0.29) is 0 Å². The predicted molar refractivity (Wildman–Crippen MR) is 58.6 cm³/mol. The first kappa shape index (κ1) is 10.0. The first-order chi connectivity index (χ1) is 6.83. The van der Waals surface area contributed by atoms with Crippen molar-refractivity contribution >= 4 is 15.9 Å². The minimum absolute atomic E-state index is 0.565. The molecule has 1 aromatic heterocycles. The van der Waals surface area contributed by atoms with Crippen LogP contribution in [0.3, 0.4) is 0 Å². The van der Waals surface area contributed by atoms with Crippen LogP contribution in [0.1, 0.15) is 38.1 Å². The summed E-state index contributed by atoms with van der Waals surface area (Å²) in [4.78, 5) is 4.20. The fraction of sp³-hybridized carbons (Fsp3) is 0.700. The van der Waals surface area contributed by atoms with Crippen LogP contribution in [-0.4, -0.2) is 16.7 Å². The van der Waals surface area contributed by atoms with Crippen LogP contribution in [0.5, 0.6) is 6.01 Å². The van der Waals surface area contributed by atoms with Gasteiger partial charge in [-0.1, -0.05) is 19.3 Å². The number of rotatable bonds is 2. The summed E-state index contributed by atoms with van der Waals surface area (Å²) in [6.45, 7) is 0. The lowest BCUT2D eigenvalue weighted by molar-refractivity contribution is 0.291. The summed E-state index contributed by atoms with van der Waals surface area (Å²) in [5.74, 6) is 0. The maximum absolute atomic E-state index is 5.24. The number of halogens is 1. The molecule has 0 spiro atoms. The molecular weight excluding hydrogens is 244 g/mol. The van der Waals surface area contributed by atoms with Gasteiger partial charge in [-0.05, 0) is 28.8 Å². The number of nitrogens with zero attached hydrogens (tertiary/aromatic N) is 2. The third-order valence-electron chi connectivity index (χ3n) is 2.84. The van der Waals surface area contributed by atoms with Crippen molar-refractivity contribution in [1.82, 2.24) is 9.55 Å². The lowest BCUT2D eigenvalue weighted by atomic mass is 9.95. The first-order valence-electron chi connectivity index (χ1n) is 5.09. The quantitative estimate of drug-likeness (QED) is 0.815. The van der Waals surface area contributed by atoms with Crippen LogP contribution in [0, 0.1) is 0 Å². The Morgan fingerprint density at radius 2 is 2.14 bits per heavy atom. The van der Waals surface area contributed by atoms with E-state index in [9.17, 15) is 0 Å². The molecule has 0 atom stereocenters.